The quantitative estimate of drug-likeness (QED) is 0.821. The van der Waals surface area contributed by atoms with Gasteiger partial charge in [-0.15, -0.1) is 0 Å². The third-order valence-electron chi connectivity index (χ3n) is 2.70. The number of halogens is 2. The van der Waals surface area contributed by atoms with E-state index in [0.29, 0.717) is 18.9 Å². The van der Waals surface area contributed by atoms with E-state index >= 15 is 0 Å². The Morgan fingerprint density at radius 3 is 2.61 bits per heavy atom. The highest BCUT2D eigenvalue weighted by molar-refractivity contribution is 5.18. The monoisotopic (exact) mass is 257 g/mol. The van der Waals surface area contributed by atoms with E-state index in [1.807, 2.05) is 13.8 Å². The van der Waals surface area contributed by atoms with Crippen LogP contribution in [0.1, 0.15) is 32.8 Å². The fourth-order valence-electron chi connectivity index (χ4n) is 2.10. The van der Waals surface area contributed by atoms with Crippen LogP contribution in [0.25, 0.3) is 0 Å². The largest absolute Gasteiger partial charge is 0.389 e. The Morgan fingerprint density at radius 1 is 1.33 bits per heavy atom. The molecule has 0 aromatic heterocycles. The third-order valence-corrected chi connectivity index (χ3v) is 2.70. The van der Waals surface area contributed by atoms with Crippen LogP contribution in [0, 0.1) is 17.6 Å². The van der Waals surface area contributed by atoms with Gasteiger partial charge in [0.25, 0.3) is 0 Å². The molecule has 1 aromatic rings. The molecular weight excluding hydrogens is 236 g/mol. The molecule has 102 valence electrons. The van der Waals surface area contributed by atoms with Crippen LogP contribution in [0.4, 0.5) is 8.78 Å². The van der Waals surface area contributed by atoms with Crippen molar-refractivity contribution in [3.63, 3.8) is 0 Å². The molecule has 0 aliphatic carbocycles. The first kappa shape index (κ1) is 15.1. The van der Waals surface area contributed by atoms with Crippen molar-refractivity contribution >= 4 is 0 Å². The average molecular weight is 257 g/mol. The van der Waals surface area contributed by atoms with Gasteiger partial charge < -0.3 is 10.4 Å². The van der Waals surface area contributed by atoms with Gasteiger partial charge in [-0.3, -0.25) is 0 Å². The Hall–Kier alpha value is -1.00. The maximum absolute atomic E-state index is 13.4. The van der Waals surface area contributed by atoms with Crippen molar-refractivity contribution in [1.82, 2.24) is 5.32 Å². The Morgan fingerprint density at radius 2 is 2.00 bits per heavy atom. The molecule has 1 unspecified atom stereocenters. The molecule has 0 bridgehead atoms. The van der Waals surface area contributed by atoms with Gasteiger partial charge in [0.1, 0.15) is 0 Å². The van der Waals surface area contributed by atoms with Crippen LogP contribution in [0.15, 0.2) is 18.2 Å². The second kappa shape index (κ2) is 6.25. The molecule has 18 heavy (non-hydrogen) atoms. The van der Waals surface area contributed by atoms with Crippen molar-refractivity contribution in [1.29, 1.82) is 0 Å². The standard InChI is InChI=1S/C14H21F2NO/c1-10(2)7-14(3,18)9-17-8-11-5-4-6-12(15)13(11)16/h4-6,10,17-18H,7-9H2,1-3H3. The minimum absolute atomic E-state index is 0.206. The maximum Gasteiger partial charge on any atom is 0.163 e. The summed E-state index contributed by atoms with van der Waals surface area (Å²) in [6.07, 6.45) is 0.658. The molecule has 0 radical (unpaired) electrons. The van der Waals surface area contributed by atoms with Crippen molar-refractivity contribution in [3.05, 3.63) is 35.4 Å². The van der Waals surface area contributed by atoms with Gasteiger partial charge in [0.05, 0.1) is 5.60 Å². The second-order valence-electron chi connectivity index (χ2n) is 5.41. The highest BCUT2D eigenvalue weighted by Crippen LogP contribution is 2.16. The first-order chi connectivity index (χ1) is 8.32. The van der Waals surface area contributed by atoms with E-state index in [1.54, 1.807) is 6.92 Å². The summed E-state index contributed by atoms with van der Waals surface area (Å²) >= 11 is 0. The molecular formula is C14H21F2NO. The second-order valence-corrected chi connectivity index (χ2v) is 5.41. The lowest BCUT2D eigenvalue weighted by Gasteiger charge is -2.25. The minimum atomic E-state index is -0.844. The molecule has 0 aliphatic rings. The summed E-state index contributed by atoms with van der Waals surface area (Å²) in [4.78, 5) is 0. The molecule has 2 nitrogen and oxygen atoms in total. The predicted molar refractivity (Wildman–Crippen MR) is 68.1 cm³/mol. The Balaban J connectivity index is 2.49. The number of nitrogens with one attached hydrogen (secondary N) is 1. The molecule has 0 fully saturated rings. The lowest BCUT2D eigenvalue weighted by molar-refractivity contribution is 0.0382. The lowest BCUT2D eigenvalue weighted by Crippen LogP contribution is -2.38. The van der Waals surface area contributed by atoms with Crippen molar-refractivity contribution < 1.29 is 13.9 Å². The molecule has 0 amide bonds. The Kier molecular flexibility index (Phi) is 5.23. The number of rotatable bonds is 6. The van der Waals surface area contributed by atoms with Gasteiger partial charge in [0.2, 0.25) is 0 Å². The molecule has 2 N–H and O–H groups in total. The molecule has 1 atom stereocenters. The van der Waals surface area contributed by atoms with E-state index < -0.39 is 17.2 Å². The molecule has 0 saturated carbocycles. The van der Waals surface area contributed by atoms with Gasteiger partial charge in [-0.25, -0.2) is 8.78 Å². The van der Waals surface area contributed by atoms with Gasteiger partial charge in [-0.05, 0) is 25.3 Å². The third kappa shape index (κ3) is 4.70. The summed E-state index contributed by atoms with van der Waals surface area (Å²) in [5, 5.41) is 13.0. The van der Waals surface area contributed by atoms with Crippen LogP contribution in [0.3, 0.4) is 0 Å². The van der Waals surface area contributed by atoms with Crippen molar-refractivity contribution in [2.45, 2.75) is 39.3 Å². The molecule has 0 spiro atoms. The summed E-state index contributed by atoms with van der Waals surface area (Å²) < 4.78 is 26.3. The smallest absolute Gasteiger partial charge is 0.163 e. The average Bonchev–Trinajstić information content (AvgIpc) is 2.22. The Labute approximate surface area is 107 Å². The number of aliphatic hydroxyl groups is 1. The zero-order valence-electron chi connectivity index (χ0n) is 11.1. The van der Waals surface area contributed by atoms with Crippen LogP contribution >= 0.6 is 0 Å². The number of benzene rings is 1. The molecule has 0 heterocycles. The maximum atomic E-state index is 13.4. The molecule has 0 saturated heterocycles. The normalized spacial score (nSPS) is 14.8. The Bertz CT molecular complexity index is 391. The predicted octanol–water partition coefficient (Wildman–Crippen LogP) is 2.85. The lowest BCUT2D eigenvalue weighted by atomic mass is 9.94. The van der Waals surface area contributed by atoms with E-state index in [2.05, 4.69) is 5.32 Å². The summed E-state index contributed by atoms with van der Waals surface area (Å²) in [5.41, 5.74) is -0.562. The molecule has 0 aliphatic heterocycles. The first-order valence-electron chi connectivity index (χ1n) is 6.18. The molecule has 1 rings (SSSR count). The van der Waals surface area contributed by atoms with Gasteiger partial charge in [-0.1, -0.05) is 26.0 Å². The van der Waals surface area contributed by atoms with E-state index in [-0.39, 0.29) is 12.1 Å². The summed E-state index contributed by atoms with van der Waals surface area (Å²) in [5.74, 6) is -1.29. The summed E-state index contributed by atoms with van der Waals surface area (Å²) in [7, 11) is 0. The molecule has 1 aromatic carbocycles. The SMILES string of the molecule is CC(C)CC(C)(O)CNCc1cccc(F)c1F. The van der Waals surface area contributed by atoms with Crippen LogP contribution in [0.5, 0.6) is 0 Å². The fourth-order valence-corrected chi connectivity index (χ4v) is 2.10. The van der Waals surface area contributed by atoms with Gasteiger partial charge in [-0.2, -0.15) is 0 Å². The summed E-state index contributed by atoms with van der Waals surface area (Å²) in [6.45, 7) is 6.35. The van der Waals surface area contributed by atoms with Gasteiger partial charge >= 0.3 is 0 Å². The number of hydrogen-bond acceptors (Lipinski definition) is 2. The van der Waals surface area contributed by atoms with Crippen LogP contribution in [0.2, 0.25) is 0 Å². The van der Waals surface area contributed by atoms with E-state index in [0.717, 1.165) is 6.07 Å². The fraction of sp³-hybridized carbons (Fsp3) is 0.571. The van der Waals surface area contributed by atoms with Gasteiger partial charge in [0.15, 0.2) is 11.6 Å². The highest BCUT2D eigenvalue weighted by Gasteiger charge is 2.21. The van der Waals surface area contributed by atoms with Crippen molar-refractivity contribution in [2.75, 3.05) is 6.54 Å². The summed E-state index contributed by atoms with van der Waals surface area (Å²) in [6, 6.07) is 4.10. The van der Waals surface area contributed by atoms with E-state index in [9.17, 15) is 13.9 Å². The van der Waals surface area contributed by atoms with E-state index in [4.69, 9.17) is 0 Å². The first-order valence-corrected chi connectivity index (χ1v) is 6.18. The minimum Gasteiger partial charge on any atom is -0.389 e. The van der Waals surface area contributed by atoms with Crippen LogP contribution in [-0.2, 0) is 6.54 Å². The van der Waals surface area contributed by atoms with Gasteiger partial charge in [0, 0.05) is 18.7 Å². The van der Waals surface area contributed by atoms with Crippen molar-refractivity contribution in [3.8, 4) is 0 Å². The molecule has 4 heteroatoms. The topological polar surface area (TPSA) is 32.3 Å². The van der Waals surface area contributed by atoms with Crippen molar-refractivity contribution in [2.24, 2.45) is 5.92 Å². The zero-order valence-corrected chi connectivity index (χ0v) is 11.1. The highest BCUT2D eigenvalue weighted by atomic mass is 19.2. The number of hydrogen-bond donors (Lipinski definition) is 2. The van der Waals surface area contributed by atoms with Crippen LogP contribution in [-0.4, -0.2) is 17.3 Å². The van der Waals surface area contributed by atoms with Crippen LogP contribution < -0.4 is 5.32 Å². The zero-order chi connectivity index (χ0) is 13.8. The van der Waals surface area contributed by atoms with E-state index in [1.165, 1.54) is 12.1 Å².